The fourth-order valence-electron chi connectivity index (χ4n) is 1.64. The van der Waals surface area contributed by atoms with Crippen molar-refractivity contribution in [3.05, 3.63) is 48.3 Å². The molecule has 4 nitrogen and oxygen atoms in total. The minimum atomic E-state index is -0.365. The van der Waals surface area contributed by atoms with Crippen molar-refractivity contribution in [2.24, 2.45) is 0 Å². The van der Waals surface area contributed by atoms with Crippen molar-refractivity contribution in [3.63, 3.8) is 0 Å². The van der Waals surface area contributed by atoms with Gasteiger partial charge in [-0.05, 0) is 30.7 Å². The second-order valence-electron chi connectivity index (χ2n) is 3.81. The Bertz CT molecular complexity index is 567. The molecule has 0 saturated heterocycles. The van der Waals surface area contributed by atoms with Gasteiger partial charge in [-0.3, -0.25) is 4.98 Å². The number of nitrogens with two attached hydrogens (primary N) is 1. The minimum Gasteiger partial charge on any atom is -0.462 e. The molecule has 0 amide bonds. The predicted octanol–water partition coefficient (Wildman–Crippen LogP) is 2.51. The van der Waals surface area contributed by atoms with Crippen molar-refractivity contribution >= 4 is 11.7 Å². The van der Waals surface area contributed by atoms with E-state index in [0.717, 1.165) is 11.1 Å². The number of carbonyl (C=O) groups is 1. The second-order valence-corrected chi connectivity index (χ2v) is 3.81. The molecular formula is C14H14N2O2. The van der Waals surface area contributed by atoms with Crippen molar-refractivity contribution in [3.8, 4) is 11.1 Å². The summed E-state index contributed by atoms with van der Waals surface area (Å²) < 4.78 is 4.94. The molecule has 1 aromatic heterocycles. The Labute approximate surface area is 105 Å². The third-order valence-electron chi connectivity index (χ3n) is 2.47. The normalized spacial score (nSPS) is 10.1. The van der Waals surface area contributed by atoms with E-state index in [1.165, 1.54) is 6.20 Å². The fraction of sp³-hybridized carbons (Fsp3) is 0.143. The lowest BCUT2D eigenvalue weighted by atomic mass is 10.1. The molecule has 0 spiro atoms. The van der Waals surface area contributed by atoms with Crippen LogP contribution in [-0.2, 0) is 4.74 Å². The largest absolute Gasteiger partial charge is 0.462 e. The summed E-state index contributed by atoms with van der Waals surface area (Å²) in [5.74, 6) is -0.365. The summed E-state index contributed by atoms with van der Waals surface area (Å²) >= 11 is 0. The van der Waals surface area contributed by atoms with Crippen LogP contribution in [-0.4, -0.2) is 17.6 Å². The molecule has 18 heavy (non-hydrogen) atoms. The molecular weight excluding hydrogens is 228 g/mol. The maximum atomic E-state index is 11.6. The Hall–Kier alpha value is -2.36. The van der Waals surface area contributed by atoms with Crippen molar-refractivity contribution in [1.29, 1.82) is 0 Å². The summed E-state index contributed by atoms with van der Waals surface area (Å²) in [6.07, 6.45) is 3.19. The first kappa shape index (κ1) is 12.1. The Balaban J connectivity index is 2.35. The Kier molecular flexibility index (Phi) is 3.57. The van der Waals surface area contributed by atoms with Gasteiger partial charge in [0, 0.05) is 23.6 Å². The zero-order chi connectivity index (χ0) is 13.0. The van der Waals surface area contributed by atoms with Gasteiger partial charge in [0.05, 0.1) is 12.2 Å². The van der Waals surface area contributed by atoms with Crippen molar-refractivity contribution in [2.75, 3.05) is 12.3 Å². The number of nitrogen functional groups attached to an aromatic ring is 1. The summed E-state index contributed by atoms with van der Waals surface area (Å²) in [5, 5.41) is 0. The molecule has 1 aromatic carbocycles. The third kappa shape index (κ3) is 2.66. The monoisotopic (exact) mass is 242 g/mol. The van der Waals surface area contributed by atoms with Crippen LogP contribution in [0.4, 0.5) is 5.69 Å². The summed E-state index contributed by atoms with van der Waals surface area (Å²) in [7, 11) is 0. The number of rotatable bonds is 3. The number of pyridine rings is 1. The van der Waals surface area contributed by atoms with Crippen LogP contribution < -0.4 is 5.73 Å². The molecule has 0 radical (unpaired) electrons. The molecule has 0 fully saturated rings. The molecule has 2 aromatic rings. The Morgan fingerprint density at radius 3 is 2.83 bits per heavy atom. The highest BCUT2D eigenvalue weighted by Gasteiger charge is 2.08. The summed E-state index contributed by atoms with van der Waals surface area (Å²) in [4.78, 5) is 15.7. The number of benzene rings is 1. The number of carbonyl (C=O) groups excluding carboxylic acids is 1. The number of anilines is 1. The first-order chi connectivity index (χ1) is 8.70. The van der Waals surface area contributed by atoms with Crippen molar-refractivity contribution in [1.82, 2.24) is 4.98 Å². The number of aromatic nitrogens is 1. The van der Waals surface area contributed by atoms with Crippen LogP contribution in [0.3, 0.4) is 0 Å². The van der Waals surface area contributed by atoms with Gasteiger partial charge in [-0.15, -0.1) is 0 Å². The molecule has 0 unspecified atom stereocenters. The smallest absolute Gasteiger partial charge is 0.339 e. The van der Waals surface area contributed by atoms with Crippen LogP contribution in [0.25, 0.3) is 11.1 Å². The lowest BCUT2D eigenvalue weighted by Crippen LogP contribution is -2.05. The van der Waals surface area contributed by atoms with Gasteiger partial charge < -0.3 is 10.5 Å². The van der Waals surface area contributed by atoms with E-state index in [2.05, 4.69) is 4.98 Å². The lowest BCUT2D eigenvalue weighted by molar-refractivity contribution is 0.0526. The number of ether oxygens (including phenoxy) is 1. The quantitative estimate of drug-likeness (QED) is 0.663. The van der Waals surface area contributed by atoms with Gasteiger partial charge in [0.2, 0.25) is 0 Å². The predicted molar refractivity (Wildman–Crippen MR) is 70.0 cm³/mol. The van der Waals surface area contributed by atoms with Gasteiger partial charge in [0.15, 0.2) is 0 Å². The van der Waals surface area contributed by atoms with E-state index in [0.29, 0.717) is 17.9 Å². The number of hydrogen-bond acceptors (Lipinski definition) is 4. The molecule has 0 atom stereocenters. The van der Waals surface area contributed by atoms with Gasteiger partial charge in [0.1, 0.15) is 0 Å². The SMILES string of the molecule is CCOC(=O)c1cncc(-c2cccc(N)c2)c1. The summed E-state index contributed by atoms with van der Waals surface area (Å²) in [6, 6.07) is 9.18. The van der Waals surface area contributed by atoms with Gasteiger partial charge in [-0.1, -0.05) is 12.1 Å². The first-order valence-corrected chi connectivity index (χ1v) is 5.69. The maximum Gasteiger partial charge on any atom is 0.339 e. The zero-order valence-corrected chi connectivity index (χ0v) is 10.1. The van der Waals surface area contributed by atoms with Crippen LogP contribution in [0.1, 0.15) is 17.3 Å². The average molecular weight is 242 g/mol. The molecule has 0 aliphatic carbocycles. The van der Waals surface area contributed by atoms with Crippen LogP contribution >= 0.6 is 0 Å². The van der Waals surface area contributed by atoms with Crippen LogP contribution in [0.2, 0.25) is 0 Å². The number of hydrogen-bond donors (Lipinski definition) is 1. The minimum absolute atomic E-state index is 0.349. The molecule has 92 valence electrons. The van der Waals surface area contributed by atoms with Crippen LogP contribution in [0.15, 0.2) is 42.7 Å². The lowest BCUT2D eigenvalue weighted by Gasteiger charge is -2.05. The maximum absolute atomic E-state index is 11.6. The summed E-state index contributed by atoms with van der Waals surface area (Å²) in [5.41, 5.74) is 8.61. The number of nitrogens with zero attached hydrogens (tertiary/aromatic N) is 1. The van der Waals surface area contributed by atoms with Crippen LogP contribution in [0, 0.1) is 0 Å². The van der Waals surface area contributed by atoms with E-state index in [1.807, 2.05) is 24.3 Å². The van der Waals surface area contributed by atoms with Crippen molar-refractivity contribution < 1.29 is 9.53 Å². The highest BCUT2D eigenvalue weighted by molar-refractivity contribution is 5.90. The molecule has 2 N–H and O–H groups in total. The average Bonchev–Trinajstić information content (AvgIpc) is 2.39. The van der Waals surface area contributed by atoms with E-state index in [1.54, 1.807) is 19.2 Å². The Morgan fingerprint density at radius 1 is 1.28 bits per heavy atom. The van der Waals surface area contributed by atoms with Crippen molar-refractivity contribution in [2.45, 2.75) is 6.92 Å². The molecule has 0 saturated carbocycles. The van der Waals surface area contributed by atoms with E-state index in [9.17, 15) is 4.79 Å². The first-order valence-electron chi connectivity index (χ1n) is 5.69. The topological polar surface area (TPSA) is 65.2 Å². The molecule has 4 heteroatoms. The van der Waals surface area contributed by atoms with E-state index >= 15 is 0 Å². The molecule has 0 aliphatic rings. The van der Waals surface area contributed by atoms with E-state index in [-0.39, 0.29) is 5.97 Å². The van der Waals surface area contributed by atoms with Crippen LogP contribution in [0.5, 0.6) is 0 Å². The molecule has 2 rings (SSSR count). The highest BCUT2D eigenvalue weighted by Crippen LogP contribution is 2.21. The second kappa shape index (κ2) is 5.31. The summed E-state index contributed by atoms with van der Waals surface area (Å²) in [6.45, 7) is 2.12. The number of esters is 1. The van der Waals surface area contributed by atoms with Gasteiger partial charge in [0.25, 0.3) is 0 Å². The van der Waals surface area contributed by atoms with E-state index in [4.69, 9.17) is 10.5 Å². The van der Waals surface area contributed by atoms with Gasteiger partial charge in [-0.2, -0.15) is 0 Å². The van der Waals surface area contributed by atoms with Gasteiger partial charge in [-0.25, -0.2) is 4.79 Å². The zero-order valence-electron chi connectivity index (χ0n) is 10.1. The fourth-order valence-corrected chi connectivity index (χ4v) is 1.64. The molecule has 0 aliphatic heterocycles. The van der Waals surface area contributed by atoms with E-state index < -0.39 is 0 Å². The standard InChI is InChI=1S/C14H14N2O2/c1-2-18-14(17)12-6-11(8-16-9-12)10-4-3-5-13(15)7-10/h3-9H,2,15H2,1H3. The molecule has 1 heterocycles. The Morgan fingerprint density at radius 2 is 2.11 bits per heavy atom. The highest BCUT2D eigenvalue weighted by atomic mass is 16.5. The van der Waals surface area contributed by atoms with Gasteiger partial charge >= 0.3 is 5.97 Å². The third-order valence-corrected chi connectivity index (χ3v) is 2.47. The molecule has 0 bridgehead atoms.